The lowest BCUT2D eigenvalue weighted by Crippen LogP contribution is -2.26. The molecule has 0 fully saturated rings. The molecule has 0 N–H and O–H groups in total. The summed E-state index contributed by atoms with van der Waals surface area (Å²) < 4.78 is 13.6. The van der Waals surface area contributed by atoms with Crippen LogP contribution in [0.1, 0.15) is 20.3 Å². The molecule has 0 bridgehead atoms. The van der Waals surface area contributed by atoms with Crippen molar-refractivity contribution in [2.24, 2.45) is 7.05 Å². The van der Waals surface area contributed by atoms with Gasteiger partial charge in [-0.15, -0.1) is 0 Å². The van der Waals surface area contributed by atoms with Gasteiger partial charge in [0, 0.05) is 26.7 Å². The summed E-state index contributed by atoms with van der Waals surface area (Å²) >= 11 is 0. The van der Waals surface area contributed by atoms with E-state index in [-0.39, 0.29) is 12.0 Å². The summed E-state index contributed by atoms with van der Waals surface area (Å²) in [5.41, 5.74) is -0.119. The minimum atomic E-state index is -0.260. The molecule has 0 aliphatic rings. The highest BCUT2D eigenvalue weighted by atomic mass is 16.7. The van der Waals surface area contributed by atoms with Crippen LogP contribution < -0.4 is 5.69 Å². The molecule has 0 atom stereocenters. The summed E-state index contributed by atoms with van der Waals surface area (Å²) in [5, 5.41) is 3.96. The zero-order valence-electron chi connectivity index (χ0n) is 10.0. The molecule has 0 aliphatic carbocycles. The predicted molar refractivity (Wildman–Crippen MR) is 59.1 cm³/mol. The second-order valence-corrected chi connectivity index (χ2v) is 3.38. The van der Waals surface area contributed by atoms with Gasteiger partial charge >= 0.3 is 5.69 Å². The van der Waals surface area contributed by atoms with Crippen LogP contribution in [0.3, 0.4) is 0 Å². The zero-order valence-corrected chi connectivity index (χ0v) is 10.0. The Morgan fingerprint density at radius 3 is 2.44 bits per heavy atom. The van der Waals surface area contributed by atoms with E-state index < -0.39 is 0 Å². The van der Waals surface area contributed by atoms with E-state index in [9.17, 15) is 4.79 Å². The molecular formula is C10H19N3O3. The predicted octanol–water partition coefficient (Wildman–Crippen LogP) is 0.371. The van der Waals surface area contributed by atoms with Gasteiger partial charge in [-0.2, -0.15) is 5.10 Å². The Morgan fingerprint density at radius 1 is 1.38 bits per heavy atom. The lowest BCUT2D eigenvalue weighted by Gasteiger charge is -2.16. The quantitative estimate of drug-likeness (QED) is 0.634. The molecule has 6 heteroatoms. The van der Waals surface area contributed by atoms with E-state index in [1.807, 2.05) is 13.8 Å². The number of aromatic nitrogens is 3. The smallest absolute Gasteiger partial charge is 0.345 e. The maximum absolute atomic E-state index is 11.5. The first-order valence-corrected chi connectivity index (χ1v) is 5.50. The highest BCUT2D eigenvalue weighted by Crippen LogP contribution is 2.01. The first-order valence-electron chi connectivity index (χ1n) is 5.50. The molecule has 92 valence electrons. The van der Waals surface area contributed by atoms with Gasteiger partial charge in [0.25, 0.3) is 0 Å². The van der Waals surface area contributed by atoms with Crippen LogP contribution in [0.15, 0.2) is 11.1 Å². The fourth-order valence-electron chi connectivity index (χ4n) is 1.39. The minimum absolute atomic E-state index is 0.119. The molecular weight excluding hydrogens is 210 g/mol. The van der Waals surface area contributed by atoms with Crippen LogP contribution in [-0.2, 0) is 23.1 Å². The van der Waals surface area contributed by atoms with Gasteiger partial charge < -0.3 is 9.47 Å². The summed E-state index contributed by atoms with van der Waals surface area (Å²) in [6.07, 6.45) is 1.86. The van der Waals surface area contributed by atoms with E-state index in [2.05, 4.69) is 5.10 Å². The highest BCUT2D eigenvalue weighted by molar-refractivity contribution is 4.65. The minimum Gasteiger partial charge on any atom is -0.353 e. The van der Waals surface area contributed by atoms with Gasteiger partial charge in [-0.3, -0.25) is 4.57 Å². The molecule has 0 saturated heterocycles. The Balaban J connectivity index is 2.48. The van der Waals surface area contributed by atoms with E-state index >= 15 is 0 Å². The number of aryl methyl sites for hydroxylation is 2. The Morgan fingerprint density at radius 2 is 2.00 bits per heavy atom. The SMILES string of the molecule is CCOC(CCn1ncn(C)c1=O)OCC. The molecule has 0 aliphatic heterocycles. The topological polar surface area (TPSA) is 58.3 Å². The van der Waals surface area contributed by atoms with Gasteiger partial charge in [-0.05, 0) is 13.8 Å². The van der Waals surface area contributed by atoms with Crippen molar-refractivity contribution in [2.75, 3.05) is 13.2 Å². The second kappa shape index (κ2) is 6.44. The van der Waals surface area contributed by atoms with Gasteiger partial charge in [-0.25, -0.2) is 9.48 Å². The molecule has 16 heavy (non-hydrogen) atoms. The third-order valence-corrected chi connectivity index (χ3v) is 2.17. The van der Waals surface area contributed by atoms with E-state index in [1.165, 1.54) is 15.6 Å². The van der Waals surface area contributed by atoms with E-state index in [4.69, 9.17) is 9.47 Å². The van der Waals surface area contributed by atoms with Crippen molar-refractivity contribution in [3.05, 3.63) is 16.8 Å². The number of nitrogens with zero attached hydrogens (tertiary/aromatic N) is 3. The maximum Gasteiger partial charge on any atom is 0.345 e. The van der Waals surface area contributed by atoms with Gasteiger partial charge in [-0.1, -0.05) is 0 Å². The van der Waals surface area contributed by atoms with Crippen molar-refractivity contribution >= 4 is 0 Å². The van der Waals surface area contributed by atoms with Crippen LogP contribution in [0.5, 0.6) is 0 Å². The van der Waals surface area contributed by atoms with Crippen molar-refractivity contribution in [2.45, 2.75) is 33.1 Å². The number of hydrogen-bond donors (Lipinski definition) is 0. The second-order valence-electron chi connectivity index (χ2n) is 3.38. The van der Waals surface area contributed by atoms with Crippen molar-refractivity contribution in [1.29, 1.82) is 0 Å². The third-order valence-electron chi connectivity index (χ3n) is 2.17. The molecule has 0 aromatic carbocycles. The van der Waals surface area contributed by atoms with E-state index in [0.29, 0.717) is 26.2 Å². The van der Waals surface area contributed by atoms with E-state index in [1.54, 1.807) is 7.05 Å². The largest absolute Gasteiger partial charge is 0.353 e. The summed E-state index contributed by atoms with van der Waals surface area (Å²) in [4.78, 5) is 11.5. The van der Waals surface area contributed by atoms with E-state index in [0.717, 1.165) is 0 Å². The molecule has 0 radical (unpaired) electrons. The van der Waals surface area contributed by atoms with Crippen molar-refractivity contribution < 1.29 is 9.47 Å². The summed E-state index contributed by atoms with van der Waals surface area (Å²) in [5.74, 6) is 0. The molecule has 0 spiro atoms. The number of hydrogen-bond acceptors (Lipinski definition) is 4. The summed E-state index contributed by atoms with van der Waals surface area (Å²) in [6, 6.07) is 0. The molecule has 1 heterocycles. The average Bonchev–Trinajstić information content (AvgIpc) is 2.58. The van der Waals surface area contributed by atoms with Crippen molar-refractivity contribution in [3.8, 4) is 0 Å². The monoisotopic (exact) mass is 229 g/mol. The van der Waals surface area contributed by atoms with Crippen LogP contribution >= 0.6 is 0 Å². The average molecular weight is 229 g/mol. The van der Waals surface area contributed by atoms with Crippen LogP contribution in [0.4, 0.5) is 0 Å². The Bertz CT molecular complexity index is 352. The summed E-state index contributed by atoms with van der Waals surface area (Å²) in [6.45, 7) is 5.53. The highest BCUT2D eigenvalue weighted by Gasteiger charge is 2.09. The Kier molecular flexibility index (Phi) is 5.21. The normalized spacial score (nSPS) is 11.2. The molecule has 1 rings (SSSR count). The third kappa shape index (κ3) is 3.46. The molecule has 0 amide bonds. The van der Waals surface area contributed by atoms with Crippen LogP contribution in [0.2, 0.25) is 0 Å². The lowest BCUT2D eigenvalue weighted by atomic mass is 10.4. The van der Waals surface area contributed by atoms with Crippen LogP contribution in [0.25, 0.3) is 0 Å². The van der Waals surface area contributed by atoms with Crippen LogP contribution in [-0.4, -0.2) is 33.9 Å². The Hall–Kier alpha value is -1.14. The Labute approximate surface area is 94.8 Å². The standard InChI is InChI=1S/C10H19N3O3/c1-4-15-9(16-5-2)6-7-13-10(14)12(3)8-11-13/h8-9H,4-7H2,1-3H3. The van der Waals surface area contributed by atoms with Crippen LogP contribution in [0, 0.1) is 0 Å². The summed E-state index contributed by atoms with van der Waals surface area (Å²) in [7, 11) is 1.68. The molecule has 0 unspecified atom stereocenters. The van der Waals surface area contributed by atoms with Gasteiger partial charge in [0.15, 0.2) is 6.29 Å². The molecule has 6 nitrogen and oxygen atoms in total. The molecule has 1 aromatic heterocycles. The lowest BCUT2D eigenvalue weighted by molar-refractivity contribution is -0.141. The van der Waals surface area contributed by atoms with Crippen molar-refractivity contribution in [1.82, 2.24) is 14.3 Å². The first kappa shape index (κ1) is 12.9. The van der Waals surface area contributed by atoms with Gasteiger partial charge in [0.1, 0.15) is 6.33 Å². The fourth-order valence-corrected chi connectivity index (χ4v) is 1.39. The molecule has 1 aromatic rings. The van der Waals surface area contributed by atoms with Gasteiger partial charge in [0.2, 0.25) is 0 Å². The molecule has 0 saturated carbocycles. The fraction of sp³-hybridized carbons (Fsp3) is 0.800. The number of rotatable bonds is 7. The first-order chi connectivity index (χ1) is 7.69. The number of ether oxygens (including phenoxy) is 2. The van der Waals surface area contributed by atoms with Gasteiger partial charge in [0.05, 0.1) is 6.54 Å². The maximum atomic E-state index is 11.5. The van der Waals surface area contributed by atoms with Crippen molar-refractivity contribution in [3.63, 3.8) is 0 Å². The zero-order chi connectivity index (χ0) is 12.0.